The van der Waals surface area contributed by atoms with Crippen LogP contribution in [0.4, 0.5) is 0 Å². The van der Waals surface area contributed by atoms with E-state index in [0.717, 1.165) is 0 Å². The number of ether oxygens (including phenoxy) is 1. The molecule has 1 unspecified atom stereocenters. The standard InChI is InChI=1S/C13H23NO6/c1-9(5-11(15)16)6-13(19)20-10(7-12(17)18)8-14(2,3)4/h9-10H,5-8H2,1-4H3,(H-,15,16,17,18)/p+1/t9?,10-/m0/s1. The summed E-state index contributed by atoms with van der Waals surface area (Å²) in [6.07, 6.45) is -1.11. The summed E-state index contributed by atoms with van der Waals surface area (Å²) in [4.78, 5) is 33.0. The number of nitrogens with zero attached hydrogens (tertiary/aromatic N) is 1. The Balaban J connectivity index is 4.45. The van der Waals surface area contributed by atoms with E-state index in [9.17, 15) is 14.4 Å². The Kier molecular flexibility index (Phi) is 7.20. The molecule has 20 heavy (non-hydrogen) atoms. The van der Waals surface area contributed by atoms with Gasteiger partial charge < -0.3 is 19.4 Å². The molecule has 116 valence electrons. The van der Waals surface area contributed by atoms with Crippen molar-refractivity contribution in [1.82, 2.24) is 0 Å². The van der Waals surface area contributed by atoms with Gasteiger partial charge in [0.1, 0.15) is 6.54 Å². The third-order valence-corrected chi connectivity index (χ3v) is 2.49. The molecular formula is C13H24NO6+. The third-order valence-electron chi connectivity index (χ3n) is 2.49. The van der Waals surface area contributed by atoms with Gasteiger partial charge in [0.15, 0.2) is 6.10 Å². The fourth-order valence-electron chi connectivity index (χ4n) is 1.84. The Morgan fingerprint density at radius 2 is 1.50 bits per heavy atom. The van der Waals surface area contributed by atoms with Crippen LogP contribution in [0.2, 0.25) is 0 Å². The highest BCUT2D eigenvalue weighted by atomic mass is 16.5. The van der Waals surface area contributed by atoms with Crippen LogP contribution in [0.15, 0.2) is 0 Å². The van der Waals surface area contributed by atoms with Gasteiger partial charge in [0.2, 0.25) is 0 Å². The minimum atomic E-state index is -1.03. The molecule has 0 saturated heterocycles. The summed E-state index contributed by atoms with van der Waals surface area (Å²) in [6.45, 7) is 2.02. The smallest absolute Gasteiger partial charge is 0.307 e. The average molecular weight is 290 g/mol. The number of carboxylic acids is 2. The summed E-state index contributed by atoms with van der Waals surface area (Å²) in [5.41, 5.74) is 0. The topological polar surface area (TPSA) is 101 Å². The molecular weight excluding hydrogens is 266 g/mol. The third kappa shape index (κ3) is 10.3. The van der Waals surface area contributed by atoms with E-state index in [1.54, 1.807) is 6.92 Å². The molecule has 0 spiro atoms. The second kappa shape index (κ2) is 7.84. The lowest BCUT2D eigenvalue weighted by Crippen LogP contribution is -2.43. The number of quaternary nitrogens is 1. The molecule has 0 amide bonds. The predicted molar refractivity (Wildman–Crippen MR) is 71.1 cm³/mol. The van der Waals surface area contributed by atoms with E-state index in [4.69, 9.17) is 14.9 Å². The van der Waals surface area contributed by atoms with Gasteiger partial charge in [-0.2, -0.15) is 0 Å². The fraction of sp³-hybridized carbons (Fsp3) is 0.769. The van der Waals surface area contributed by atoms with Crippen LogP contribution >= 0.6 is 0 Å². The van der Waals surface area contributed by atoms with Gasteiger partial charge in [-0.1, -0.05) is 6.92 Å². The number of carbonyl (C=O) groups is 3. The van der Waals surface area contributed by atoms with E-state index in [0.29, 0.717) is 11.0 Å². The predicted octanol–water partition coefficient (Wildman–Crippen LogP) is 0.580. The van der Waals surface area contributed by atoms with E-state index >= 15 is 0 Å². The van der Waals surface area contributed by atoms with Crippen LogP contribution in [0.5, 0.6) is 0 Å². The first kappa shape index (κ1) is 18.4. The molecule has 0 fully saturated rings. The number of hydrogen-bond donors (Lipinski definition) is 2. The highest BCUT2D eigenvalue weighted by Gasteiger charge is 2.25. The Bertz CT molecular complexity index is 360. The maximum absolute atomic E-state index is 11.7. The van der Waals surface area contributed by atoms with E-state index < -0.39 is 24.0 Å². The minimum Gasteiger partial charge on any atom is -0.481 e. The van der Waals surface area contributed by atoms with Crippen molar-refractivity contribution in [3.8, 4) is 0 Å². The van der Waals surface area contributed by atoms with Crippen LogP contribution in [0.25, 0.3) is 0 Å². The lowest BCUT2D eigenvalue weighted by Gasteiger charge is -2.28. The van der Waals surface area contributed by atoms with Gasteiger partial charge in [0.05, 0.1) is 27.6 Å². The molecule has 0 aliphatic carbocycles. The zero-order valence-electron chi connectivity index (χ0n) is 12.5. The number of rotatable bonds is 9. The first-order valence-corrected chi connectivity index (χ1v) is 6.43. The molecule has 2 N–H and O–H groups in total. The quantitative estimate of drug-likeness (QED) is 0.476. The fourth-order valence-corrected chi connectivity index (χ4v) is 1.84. The lowest BCUT2D eigenvalue weighted by molar-refractivity contribution is -0.873. The van der Waals surface area contributed by atoms with Crippen molar-refractivity contribution in [3.63, 3.8) is 0 Å². The molecule has 7 heteroatoms. The van der Waals surface area contributed by atoms with Crippen molar-refractivity contribution in [3.05, 3.63) is 0 Å². The number of hydrogen-bond acceptors (Lipinski definition) is 4. The van der Waals surface area contributed by atoms with Crippen LogP contribution in [0.3, 0.4) is 0 Å². The Morgan fingerprint density at radius 3 is 1.90 bits per heavy atom. The summed E-state index contributed by atoms with van der Waals surface area (Å²) < 4.78 is 5.63. The number of carboxylic acid groups (broad SMARTS) is 2. The molecule has 2 atom stereocenters. The molecule has 0 saturated carbocycles. The summed E-state index contributed by atoms with van der Waals surface area (Å²) in [6, 6.07) is 0. The Labute approximate surface area is 118 Å². The molecule has 0 aromatic carbocycles. The van der Waals surface area contributed by atoms with Gasteiger partial charge in [-0.15, -0.1) is 0 Å². The SMILES string of the molecule is CC(CC(=O)O)CC(=O)O[C@@H](CC(=O)O)C[N+](C)(C)C. The molecule has 0 aromatic rings. The molecule has 0 radical (unpaired) electrons. The van der Waals surface area contributed by atoms with Crippen LogP contribution in [-0.4, -0.2) is 66.4 Å². The summed E-state index contributed by atoms with van der Waals surface area (Å²) in [5.74, 6) is -2.90. The van der Waals surface area contributed by atoms with Crippen LogP contribution in [0, 0.1) is 5.92 Å². The Morgan fingerprint density at radius 1 is 1.00 bits per heavy atom. The largest absolute Gasteiger partial charge is 0.481 e. The van der Waals surface area contributed by atoms with Crippen molar-refractivity contribution in [2.24, 2.45) is 5.92 Å². The molecule has 0 aliphatic heterocycles. The van der Waals surface area contributed by atoms with Crippen molar-refractivity contribution in [2.45, 2.75) is 32.3 Å². The minimum absolute atomic E-state index is 0.0282. The van der Waals surface area contributed by atoms with Crippen molar-refractivity contribution >= 4 is 17.9 Å². The van der Waals surface area contributed by atoms with Crippen LogP contribution in [-0.2, 0) is 19.1 Å². The van der Waals surface area contributed by atoms with Crippen LogP contribution < -0.4 is 0 Å². The summed E-state index contributed by atoms with van der Waals surface area (Å²) >= 11 is 0. The molecule has 7 nitrogen and oxygen atoms in total. The maximum Gasteiger partial charge on any atom is 0.307 e. The maximum atomic E-state index is 11.7. The van der Waals surface area contributed by atoms with Gasteiger partial charge in [-0.3, -0.25) is 14.4 Å². The molecule has 0 bridgehead atoms. The number of aliphatic carboxylic acids is 2. The van der Waals surface area contributed by atoms with Gasteiger partial charge in [0, 0.05) is 12.8 Å². The van der Waals surface area contributed by atoms with Crippen LogP contribution in [0.1, 0.15) is 26.2 Å². The van der Waals surface area contributed by atoms with Crippen molar-refractivity contribution < 1.29 is 33.8 Å². The van der Waals surface area contributed by atoms with E-state index in [-0.39, 0.29) is 25.2 Å². The zero-order valence-corrected chi connectivity index (χ0v) is 12.5. The highest BCUT2D eigenvalue weighted by Crippen LogP contribution is 2.12. The number of likely N-dealkylation sites (N-methyl/N-ethyl adjacent to an activating group) is 1. The van der Waals surface area contributed by atoms with E-state index in [1.807, 2.05) is 21.1 Å². The van der Waals surface area contributed by atoms with E-state index in [1.165, 1.54) is 0 Å². The average Bonchev–Trinajstić information content (AvgIpc) is 2.09. The molecule has 0 aromatic heterocycles. The summed E-state index contributed by atoms with van der Waals surface area (Å²) in [7, 11) is 5.61. The normalized spacial score (nSPS) is 14.4. The number of esters is 1. The van der Waals surface area contributed by atoms with Gasteiger partial charge in [-0.05, 0) is 5.92 Å². The van der Waals surface area contributed by atoms with E-state index in [2.05, 4.69) is 0 Å². The number of carbonyl (C=O) groups excluding carboxylic acids is 1. The van der Waals surface area contributed by atoms with Crippen molar-refractivity contribution in [1.29, 1.82) is 0 Å². The van der Waals surface area contributed by atoms with Gasteiger partial charge in [0.25, 0.3) is 0 Å². The monoisotopic (exact) mass is 290 g/mol. The first-order chi connectivity index (χ1) is 8.99. The van der Waals surface area contributed by atoms with Gasteiger partial charge >= 0.3 is 17.9 Å². The molecule has 0 heterocycles. The highest BCUT2D eigenvalue weighted by molar-refractivity contribution is 5.73. The zero-order chi connectivity index (χ0) is 15.9. The summed E-state index contributed by atoms with van der Waals surface area (Å²) in [5, 5.41) is 17.4. The first-order valence-electron chi connectivity index (χ1n) is 6.43. The van der Waals surface area contributed by atoms with Gasteiger partial charge in [-0.25, -0.2) is 0 Å². The second-order valence-electron chi connectivity index (χ2n) is 6.09. The second-order valence-corrected chi connectivity index (χ2v) is 6.09. The molecule has 0 rings (SSSR count). The molecule has 0 aliphatic rings. The lowest BCUT2D eigenvalue weighted by atomic mass is 10.0. The Hall–Kier alpha value is -1.63. The van der Waals surface area contributed by atoms with Crippen molar-refractivity contribution in [2.75, 3.05) is 27.7 Å².